The number of pyridine rings is 1. The first-order valence-electron chi connectivity index (χ1n) is 8.50. The van der Waals surface area contributed by atoms with Crippen molar-refractivity contribution in [2.45, 2.75) is 39.2 Å². The SMILES string of the molecule is CCNC1=NCc2cc(CC(=O)C[C@H](C)c3ccccc3)ncc21. The fourth-order valence-electron chi connectivity index (χ4n) is 3.07. The minimum Gasteiger partial charge on any atom is -0.370 e. The van der Waals surface area contributed by atoms with Gasteiger partial charge in [0, 0.05) is 36.8 Å². The zero-order valence-corrected chi connectivity index (χ0v) is 14.2. The number of amidine groups is 1. The molecule has 0 radical (unpaired) electrons. The van der Waals surface area contributed by atoms with Gasteiger partial charge in [-0.3, -0.25) is 14.8 Å². The predicted octanol–water partition coefficient (Wildman–Crippen LogP) is 3.26. The predicted molar refractivity (Wildman–Crippen MR) is 96.3 cm³/mol. The summed E-state index contributed by atoms with van der Waals surface area (Å²) in [4.78, 5) is 21.3. The number of hydrogen-bond acceptors (Lipinski definition) is 4. The molecule has 4 heteroatoms. The van der Waals surface area contributed by atoms with Gasteiger partial charge >= 0.3 is 0 Å². The van der Waals surface area contributed by atoms with Gasteiger partial charge in [0.05, 0.1) is 6.54 Å². The molecule has 2 aromatic rings. The van der Waals surface area contributed by atoms with Crippen molar-refractivity contribution < 1.29 is 4.79 Å². The van der Waals surface area contributed by atoms with Gasteiger partial charge in [-0.1, -0.05) is 37.3 Å². The van der Waals surface area contributed by atoms with Gasteiger partial charge in [-0.05, 0) is 30.0 Å². The number of carbonyl (C=O) groups excluding carboxylic acids is 1. The van der Waals surface area contributed by atoms with Crippen LogP contribution in [0.25, 0.3) is 0 Å². The Morgan fingerprint density at radius 1 is 1.29 bits per heavy atom. The zero-order chi connectivity index (χ0) is 16.9. The van der Waals surface area contributed by atoms with Gasteiger partial charge in [-0.25, -0.2) is 0 Å². The van der Waals surface area contributed by atoms with Crippen molar-refractivity contribution in [3.05, 3.63) is 65.0 Å². The molecule has 0 spiro atoms. The fourth-order valence-corrected chi connectivity index (χ4v) is 3.07. The van der Waals surface area contributed by atoms with E-state index in [9.17, 15) is 4.79 Å². The lowest BCUT2D eigenvalue weighted by molar-refractivity contribution is -0.118. The first-order valence-corrected chi connectivity index (χ1v) is 8.50. The van der Waals surface area contributed by atoms with E-state index in [0.717, 1.165) is 29.2 Å². The van der Waals surface area contributed by atoms with Crippen molar-refractivity contribution in [3.8, 4) is 0 Å². The Kier molecular flexibility index (Phi) is 5.04. The molecule has 1 aromatic heterocycles. The van der Waals surface area contributed by atoms with Crippen LogP contribution in [0.5, 0.6) is 0 Å². The van der Waals surface area contributed by atoms with Crippen LogP contribution < -0.4 is 5.32 Å². The molecule has 0 saturated heterocycles. The number of Topliss-reactive ketones (excluding diaryl/α,β-unsaturated/α-hetero) is 1. The molecule has 2 heterocycles. The lowest BCUT2D eigenvalue weighted by atomic mass is 9.94. The summed E-state index contributed by atoms with van der Waals surface area (Å²) >= 11 is 0. The van der Waals surface area contributed by atoms with Crippen molar-refractivity contribution in [1.82, 2.24) is 10.3 Å². The Bertz CT molecular complexity index is 753. The molecule has 0 fully saturated rings. The van der Waals surface area contributed by atoms with Gasteiger partial charge in [-0.2, -0.15) is 0 Å². The third kappa shape index (κ3) is 3.70. The highest BCUT2D eigenvalue weighted by molar-refractivity contribution is 6.01. The highest BCUT2D eigenvalue weighted by Gasteiger charge is 2.18. The van der Waals surface area contributed by atoms with Crippen LogP contribution in [0.1, 0.15) is 48.6 Å². The normalized spacial score (nSPS) is 14.0. The van der Waals surface area contributed by atoms with Crippen molar-refractivity contribution in [2.24, 2.45) is 4.99 Å². The molecule has 0 bridgehead atoms. The Morgan fingerprint density at radius 2 is 2.08 bits per heavy atom. The number of nitrogens with one attached hydrogen (secondary N) is 1. The summed E-state index contributed by atoms with van der Waals surface area (Å²) in [6.07, 6.45) is 2.77. The summed E-state index contributed by atoms with van der Waals surface area (Å²) in [6, 6.07) is 12.2. The molecule has 0 saturated carbocycles. The second kappa shape index (κ2) is 7.39. The number of aromatic nitrogens is 1. The molecule has 0 unspecified atom stereocenters. The monoisotopic (exact) mass is 321 g/mol. The van der Waals surface area contributed by atoms with E-state index in [4.69, 9.17) is 0 Å². The Labute approximate surface area is 143 Å². The molecule has 124 valence electrons. The topological polar surface area (TPSA) is 54.4 Å². The van der Waals surface area contributed by atoms with E-state index in [-0.39, 0.29) is 11.7 Å². The summed E-state index contributed by atoms with van der Waals surface area (Å²) in [6.45, 7) is 5.66. The quantitative estimate of drug-likeness (QED) is 0.888. The van der Waals surface area contributed by atoms with Crippen molar-refractivity contribution in [2.75, 3.05) is 6.54 Å². The second-order valence-corrected chi connectivity index (χ2v) is 6.26. The maximum Gasteiger partial charge on any atom is 0.139 e. The first kappa shape index (κ1) is 16.4. The lowest BCUT2D eigenvalue weighted by Crippen LogP contribution is -2.22. The Balaban J connectivity index is 1.62. The minimum absolute atomic E-state index is 0.227. The molecule has 1 aromatic carbocycles. The maximum atomic E-state index is 12.4. The van der Waals surface area contributed by atoms with Crippen LogP contribution in [-0.4, -0.2) is 23.1 Å². The Morgan fingerprint density at radius 3 is 2.83 bits per heavy atom. The van der Waals surface area contributed by atoms with E-state index in [1.807, 2.05) is 30.5 Å². The molecule has 0 aliphatic carbocycles. The number of fused-ring (bicyclic) bond motifs is 1. The van der Waals surface area contributed by atoms with Crippen molar-refractivity contribution >= 4 is 11.6 Å². The Hall–Kier alpha value is -2.49. The van der Waals surface area contributed by atoms with Crippen LogP contribution in [0, 0.1) is 0 Å². The smallest absolute Gasteiger partial charge is 0.139 e. The molecule has 1 atom stereocenters. The van der Waals surface area contributed by atoms with Crippen molar-refractivity contribution in [1.29, 1.82) is 0 Å². The number of aliphatic imine (C=N–C) groups is 1. The summed E-state index contributed by atoms with van der Waals surface area (Å²) < 4.78 is 0. The highest BCUT2D eigenvalue weighted by atomic mass is 16.1. The molecular weight excluding hydrogens is 298 g/mol. The number of ketones is 1. The first-order chi connectivity index (χ1) is 11.7. The molecule has 1 aliphatic heterocycles. The van der Waals surface area contributed by atoms with Gasteiger partial charge in [0.25, 0.3) is 0 Å². The van der Waals surface area contributed by atoms with Crippen LogP contribution in [0.15, 0.2) is 47.6 Å². The average Bonchev–Trinajstić information content (AvgIpc) is 2.98. The number of benzene rings is 1. The van der Waals surface area contributed by atoms with E-state index < -0.39 is 0 Å². The lowest BCUT2D eigenvalue weighted by Gasteiger charge is -2.11. The van der Waals surface area contributed by atoms with Crippen LogP contribution >= 0.6 is 0 Å². The number of rotatable bonds is 6. The molecule has 1 aliphatic rings. The summed E-state index contributed by atoms with van der Waals surface area (Å²) in [5.41, 5.74) is 4.26. The van der Waals surface area contributed by atoms with E-state index >= 15 is 0 Å². The maximum absolute atomic E-state index is 12.4. The molecule has 3 rings (SSSR count). The number of hydrogen-bond donors (Lipinski definition) is 1. The second-order valence-electron chi connectivity index (χ2n) is 6.26. The zero-order valence-electron chi connectivity index (χ0n) is 14.2. The van der Waals surface area contributed by atoms with Gasteiger partial charge in [0.2, 0.25) is 0 Å². The van der Waals surface area contributed by atoms with Crippen LogP contribution in [0.2, 0.25) is 0 Å². The van der Waals surface area contributed by atoms with Crippen molar-refractivity contribution in [3.63, 3.8) is 0 Å². The molecule has 1 N–H and O–H groups in total. The third-order valence-corrected chi connectivity index (χ3v) is 4.33. The van der Waals surface area contributed by atoms with Gasteiger partial charge in [0.15, 0.2) is 0 Å². The van der Waals surface area contributed by atoms with Gasteiger partial charge in [0.1, 0.15) is 11.6 Å². The van der Waals surface area contributed by atoms with E-state index in [0.29, 0.717) is 19.4 Å². The average molecular weight is 321 g/mol. The van der Waals surface area contributed by atoms with Crippen LogP contribution in [0.4, 0.5) is 0 Å². The molecule has 4 nitrogen and oxygen atoms in total. The van der Waals surface area contributed by atoms with Gasteiger partial charge < -0.3 is 5.32 Å². The fraction of sp³-hybridized carbons (Fsp3) is 0.350. The highest BCUT2D eigenvalue weighted by Crippen LogP contribution is 2.21. The molecule has 0 amide bonds. The van der Waals surface area contributed by atoms with Crippen LogP contribution in [0.3, 0.4) is 0 Å². The number of carbonyl (C=O) groups is 1. The van der Waals surface area contributed by atoms with Gasteiger partial charge in [-0.15, -0.1) is 0 Å². The molecular formula is C20H23N3O. The third-order valence-electron chi connectivity index (χ3n) is 4.33. The summed E-state index contributed by atoms with van der Waals surface area (Å²) in [5.74, 6) is 1.37. The minimum atomic E-state index is 0.227. The standard InChI is InChI=1S/C20H23N3O/c1-3-21-20-19-13-22-17(10-16(19)12-23-20)11-18(24)9-14(2)15-7-5-4-6-8-15/h4-8,10,13-14H,3,9,11-12H2,1-2H3,(H,21,23)/t14-/m0/s1. The summed E-state index contributed by atoms with van der Waals surface area (Å²) in [5, 5.41) is 3.25. The van der Waals surface area contributed by atoms with E-state index in [2.05, 4.69) is 41.3 Å². The number of nitrogens with zero attached hydrogens (tertiary/aromatic N) is 2. The van der Waals surface area contributed by atoms with E-state index in [1.54, 1.807) is 0 Å². The summed E-state index contributed by atoms with van der Waals surface area (Å²) in [7, 11) is 0. The largest absolute Gasteiger partial charge is 0.370 e. The van der Waals surface area contributed by atoms with E-state index in [1.165, 1.54) is 5.56 Å². The van der Waals surface area contributed by atoms with Crippen LogP contribution in [-0.2, 0) is 17.8 Å². The molecule has 24 heavy (non-hydrogen) atoms.